The molecule has 0 saturated heterocycles. The maximum atomic E-state index is 6.46. The zero-order valence-electron chi connectivity index (χ0n) is 66.3. The van der Waals surface area contributed by atoms with Gasteiger partial charge in [0.15, 0.2) is 0 Å². The first-order chi connectivity index (χ1) is 60.3. The number of aromatic nitrogens is 9. The molecule has 0 radical (unpaired) electrons. The number of hydrogen-bond donors (Lipinski definition) is 0. The van der Waals surface area contributed by atoms with Crippen molar-refractivity contribution in [2.24, 2.45) is 0 Å². The van der Waals surface area contributed by atoms with E-state index in [2.05, 4.69) is 214 Å². The van der Waals surface area contributed by atoms with Gasteiger partial charge in [0, 0.05) is 73.9 Å². The summed E-state index contributed by atoms with van der Waals surface area (Å²) in [6.07, 6.45) is 12.4. The molecule has 0 amide bonds. The number of benzene rings is 13. The Balaban J connectivity index is 0.000000108. The molecular formula is C105H73AlGaN9O6. The van der Waals surface area contributed by atoms with Gasteiger partial charge in [-0.3, -0.25) is 29.9 Å². The summed E-state index contributed by atoms with van der Waals surface area (Å²) in [7, 11) is 0. The van der Waals surface area contributed by atoms with Crippen LogP contribution in [0.5, 0.6) is 34.5 Å². The predicted octanol–water partition coefficient (Wildman–Crippen LogP) is 25.2. The predicted molar refractivity (Wildman–Crippen MR) is 493 cm³/mol. The molecular weight excluding hydrogens is 1580 g/mol. The number of hydrogen-bond acceptors (Lipinski definition) is 15. The van der Waals surface area contributed by atoms with Gasteiger partial charge in [-0.15, -0.1) is 0 Å². The molecule has 122 heavy (non-hydrogen) atoms. The number of pyridine rings is 9. The third-order valence-electron chi connectivity index (χ3n) is 21.0. The second kappa shape index (κ2) is 35.5. The monoisotopic (exact) mass is 1650 g/mol. The van der Waals surface area contributed by atoms with Gasteiger partial charge in [0.1, 0.15) is 33.8 Å². The third-order valence-corrected chi connectivity index (χ3v) is 25.2. The van der Waals surface area contributed by atoms with E-state index in [0.717, 1.165) is 104 Å². The van der Waals surface area contributed by atoms with Crippen LogP contribution in [0.1, 0.15) is 11.4 Å². The summed E-state index contributed by atoms with van der Waals surface area (Å²) in [6, 6.07) is 122. The first kappa shape index (κ1) is 76.7. The quantitative estimate of drug-likeness (QED) is 0.0660. The average molecular weight is 1650 g/mol. The number of fused-ring (bicyclic) bond motifs is 12. The van der Waals surface area contributed by atoms with Crippen molar-refractivity contribution in [1.29, 1.82) is 0 Å². The molecule has 0 saturated carbocycles. The molecule has 0 spiro atoms. The minimum absolute atomic E-state index is 0.608. The van der Waals surface area contributed by atoms with Crippen LogP contribution in [-0.4, -0.2) is 77.3 Å². The van der Waals surface area contributed by atoms with Crippen LogP contribution in [0.25, 0.3) is 153 Å². The Bertz CT molecular complexity index is 6700. The van der Waals surface area contributed by atoms with Crippen LogP contribution in [0, 0.1) is 13.8 Å². The average Bonchev–Trinajstić information content (AvgIpc) is 0.745. The van der Waals surface area contributed by atoms with E-state index in [1.54, 1.807) is 37.2 Å². The Morgan fingerprint density at radius 2 is 0.475 bits per heavy atom. The van der Waals surface area contributed by atoms with Gasteiger partial charge >= 0.3 is 218 Å². The van der Waals surface area contributed by atoms with Crippen LogP contribution in [-0.2, 0) is 0 Å². The summed E-state index contributed by atoms with van der Waals surface area (Å²) < 4.78 is 38.6. The van der Waals surface area contributed by atoms with E-state index in [9.17, 15) is 0 Å². The molecule has 9 heterocycles. The molecule has 9 aromatic heterocycles. The zero-order valence-corrected chi connectivity index (χ0v) is 69.9. The second-order valence-corrected chi connectivity index (χ2v) is 32.9. The Hall–Kier alpha value is -15.2. The van der Waals surface area contributed by atoms with Crippen LogP contribution >= 0.6 is 0 Å². The van der Waals surface area contributed by atoms with Crippen molar-refractivity contribution in [2.75, 3.05) is 0 Å². The normalized spacial score (nSPS) is 11.0. The third kappa shape index (κ3) is 16.6. The van der Waals surface area contributed by atoms with Crippen LogP contribution in [0.15, 0.2) is 407 Å². The SMILES string of the molecule is Cc1cc(-c2ccccc2)c2ccc3c(-c4ccccc4)cc(C)nc3c2n1.c1ccc(-c2cccc3c2ccc2c(-c4ccccc4)ccnc23)cc1.c1cnc2c([O][Al]([O]c3cccc4cccnc34)[O]c3cccc4cccnc34)cccc2c1.c1cnc2c([O][Ga]([O]c3cccc4cccnc34)[O]c3cccc4cccnc34)cccc2c1. The molecule has 0 aliphatic heterocycles. The Morgan fingerprint density at radius 1 is 0.205 bits per heavy atom. The molecule has 0 atom stereocenters. The van der Waals surface area contributed by atoms with Gasteiger partial charge in [-0.05, 0) is 118 Å². The first-order valence-corrected chi connectivity index (χ1v) is 44.5. The van der Waals surface area contributed by atoms with E-state index < -0.39 is 32.5 Å². The summed E-state index contributed by atoms with van der Waals surface area (Å²) in [5.41, 5.74) is 19.3. The van der Waals surface area contributed by atoms with Crippen LogP contribution < -0.4 is 22.0 Å². The van der Waals surface area contributed by atoms with E-state index in [1.165, 1.54) is 60.7 Å². The van der Waals surface area contributed by atoms with E-state index in [-0.39, 0.29) is 0 Å². The summed E-state index contributed by atoms with van der Waals surface area (Å²) in [6.45, 7) is 4.11. The summed E-state index contributed by atoms with van der Waals surface area (Å²) in [5.74, 6) is 3.71. The molecule has 0 fully saturated rings. The number of aryl methyl sites for hydroxylation is 2. The van der Waals surface area contributed by atoms with Crippen LogP contribution in [0.4, 0.5) is 0 Å². The van der Waals surface area contributed by atoms with Crippen molar-refractivity contribution in [3.63, 3.8) is 0 Å². The van der Waals surface area contributed by atoms with Gasteiger partial charge in [-0.25, -0.2) is 0 Å². The van der Waals surface area contributed by atoms with Crippen molar-refractivity contribution < 1.29 is 22.0 Å². The van der Waals surface area contributed by atoms with Crippen molar-refractivity contribution in [3.05, 3.63) is 419 Å². The molecule has 580 valence electrons. The summed E-state index contributed by atoms with van der Waals surface area (Å²) in [5, 5.41) is 11.8. The number of para-hydroxylation sites is 6. The zero-order chi connectivity index (χ0) is 81.9. The van der Waals surface area contributed by atoms with Gasteiger partial charge in [0.2, 0.25) is 0 Å². The Kier molecular flexibility index (Phi) is 22.4. The summed E-state index contributed by atoms with van der Waals surface area (Å²) >= 11 is -6.32. The molecule has 15 nitrogen and oxygen atoms in total. The van der Waals surface area contributed by atoms with E-state index in [1.807, 2.05) is 200 Å². The van der Waals surface area contributed by atoms with Gasteiger partial charge in [-0.1, -0.05) is 218 Å². The van der Waals surface area contributed by atoms with Crippen molar-refractivity contribution in [2.45, 2.75) is 13.8 Å². The molecule has 22 rings (SSSR count). The standard InChI is InChI=1S/C26H20N2.C25H17N.6C9H7NO.Al.Ga/c1-17-15-23(19-9-5-3-6-10-19)21-13-14-22-24(20-11-7-4-8-12-20)16-18(2)28-26(22)25(21)27-17;1-3-8-18(9-4-1)20-12-7-13-23-22(20)14-15-24-21(16-17-26-25(23)24)19-10-5-2-6-11-19;6*11-8-5-1-3-7-4-2-6-10-9(7)8;;/h3-16H,1-2H3;1-17H;6*1-6,11H;;/q;;;;;;;;2*+3/p-6. The van der Waals surface area contributed by atoms with Crippen molar-refractivity contribution in [1.82, 2.24) is 44.9 Å². The maximum absolute atomic E-state index is 6.46. The van der Waals surface area contributed by atoms with E-state index in [4.69, 9.17) is 36.9 Å². The van der Waals surface area contributed by atoms with Gasteiger partial charge < -0.3 is 11.4 Å². The van der Waals surface area contributed by atoms with Gasteiger partial charge in [-0.2, -0.15) is 0 Å². The minimum atomic E-state index is -3.46. The topological polar surface area (TPSA) is 171 Å². The molecule has 0 aliphatic carbocycles. The summed E-state index contributed by atoms with van der Waals surface area (Å²) in [4.78, 5) is 41.6. The molecule has 0 aliphatic rings. The van der Waals surface area contributed by atoms with E-state index >= 15 is 0 Å². The molecule has 22 aromatic rings. The van der Waals surface area contributed by atoms with Gasteiger partial charge in [0.05, 0.1) is 16.6 Å². The fourth-order valence-electron chi connectivity index (χ4n) is 15.5. The molecule has 0 N–H and O–H groups in total. The molecule has 13 aromatic carbocycles. The van der Waals surface area contributed by atoms with Crippen molar-refractivity contribution in [3.8, 4) is 79.0 Å². The fourth-order valence-corrected chi connectivity index (χ4v) is 19.6. The number of rotatable bonds is 16. The van der Waals surface area contributed by atoms with Gasteiger partial charge in [0.25, 0.3) is 0 Å². The van der Waals surface area contributed by atoms with E-state index in [0.29, 0.717) is 34.5 Å². The molecule has 0 bridgehead atoms. The molecule has 0 unspecified atom stereocenters. The Labute approximate surface area is 714 Å². The van der Waals surface area contributed by atoms with Crippen molar-refractivity contribution >= 4 is 141 Å². The van der Waals surface area contributed by atoms with Crippen LogP contribution in [0.3, 0.4) is 0 Å². The Morgan fingerprint density at radius 3 is 0.820 bits per heavy atom. The first-order valence-electron chi connectivity index (χ1n) is 40.1. The second-order valence-electron chi connectivity index (χ2n) is 28.9. The molecule has 17 heteroatoms. The fraction of sp³-hybridized carbons (Fsp3) is 0.0190. The number of nitrogens with zero attached hydrogens (tertiary/aromatic N) is 9. The van der Waals surface area contributed by atoms with Crippen LogP contribution in [0.2, 0.25) is 0 Å².